The predicted molar refractivity (Wildman–Crippen MR) is 34.5 cm³/mol. The van der Waals surface area contributed by atoms with Crippen LogP contribution in [-0.4, -0.2) is 0 Å². The quantitative estimate of drug-likeness (QED) is 0.607. The molecular formula is C8H8WY-2. The van der Waals surface area contributed by atoms with Crippen molar-refractivity contribution in [3.63, 3.8) is 0 Å². The maximum atomic E-state index is 3.73. The molecule has 0 saturated heterocycles. The van der Waals surface area contributed by atoms with Gasteiger partial charge in [0.05, 0.1) is 0 Å². The fourth-order valence-corrected chi connectivity index (χ4v) is 0.535. The van der Waals surface area contributed by atoms with Crippen molar-refractivity contribution >= 4 is 0 Å². The van der Waals surface area contributed by atoms with Gasteiger partial charge in [0, 0.05) is 53.8 Å². The standard InChI is InChI=1S/C8H8.W.Y/c1-7-3-5-8(2)6-4-7;;/h3-5H,1H2,2H3;;/q-2;;. The van der Waals surface area contributed by atoms with Crippen LogP contribution in [0.5, 0.6) is 0 Å². The van der Waals surface area contributed by atoms with E-state index >= 15 is 0 Å². The van der Waals surface area contributed by atoms with E-state index in [1.54, 1.807) is 0 Å². The molecule has 0 aliphatic rings. The largest absolute Gasteiger partial charge is 0.306 e. The first-order chi connectivity index (χ1) is 3.79. The van der Waals surface area contributed by atoms with Crippen molar-refractivity contribution in [2.75, 3.05) is 0 Å². The number of aryl methyl sites for hydroxylation is 1. The fraction of sp³-hybridized carbons (Fsp3) is 0.125. The van der Waals surface area contributed by atoms with Gasteiger partial charge in [0.1, 0.15) is 0 Å². The Morgan fingerprint density at radius 1 is 1.40 bits per heavy atom. The van der Waals surface area contributed by atoms with E-state index in [4.69, 9.17) is 0 Å². The topological polar surface area (TPSA) is 0 Å². The van der Waals surface area contributed by atoms with Gasteiger partial charge in [-0.3, -0.25) is 19.1 Å². The minimum absolute atomic E-state index is 0. The molecule has 0 atom stereocenters. The summed E-state index contributed by atoms with van der Waals surface area (Å²) >= 11 is 0. The molecule has 0 bridgehead atoms. The molecule has 1 radical (unpaired) electrons. The van der Waals surface area contributed by atoms with E-state index in [9.17, 15) is 0 Å². The zero-order valence-corrected chi connectivity index (χ0v) is 11.7. The molecule has 2 heteroatoms. The van der Waals surface area contributed by atoms with E-state index in [0.717, 1.165) is 11.1 Å². The fourth-order valence-electron chi connectivity index (χ4n) is 0.535. The summed E-state index contributed by atoms with van der Waals surface area (Å²) in [5.74, 6) is 0. The third kappa shape index (κ3) is 4.66. The molecule has 0 N–H and O–H groups in total. The van der Waals surface area contributed by atoms with Crippen molar-refractivity contribution in [1.29, 1.82) is 0 Å². The molecule has 0 aliphatic heterocycles. The van der Waals surface area contributed by atoms with Crippen LogP contribution in [-0.2, 0) is 53.8 Å². The number of hydrogen-bond acceptors (Lipinski definition) is 0. The summed E-state index contributed by atoms with van der Waals surface area (Å²) in [5, 5.41) is 0. The summed E-state index contributed by atoms with van der Waals surface area (Å²) in [6.45, 7) is 5.74. The Morgan fingerprint density at radius 2 is 2.00 bits per heavy atom. The Bertz CT molecular complexity index is 148. The van der Waals surface area contributed by atoms with Gasteiger partial charge in [-0.25, -0.2) is 12.1 Å². The van der Waals surface area contributed by atoms with Gasteiger partial charge in [-0.05, 0) is 0 Å². The van der Waals surface area contributed by atoms with Gasteiger partial charge in [0.25, 0.3) is 0 Å². The van der Waals surface area contributed by atoms with Crippen molar-refractivity contribution < 1.29 is 53.8 Å². The van der Waals surface area contributed by atoms with Gasteiger partial charge in [0.15, 0.2) is 0 Å². The molecule has 0 aliphatic carbocycles. The second-order valence-corrected chi connectivity index (χ2v) is 1.88. The molecule has 1 aromatic carbocycles. The Morgan fingerprint density at radius 3 is 2.30 bits per heavy atom. The summed E-state index contributed by atoms with van der Waals surface area (Å²) < 4.78 is 0. The van der Waals surface area contributed by atoms with Crippen molar-refractivity contribution in [2.45, 2.75) is 6.92 Å². The predicted octanol–water partition coefficient (Wildman–Crippen LogP) is 1.97. The average Bonchev–Trinajstić information content (AvgIpc) is 1.77. The number of hydrogen-bond donors (Lipinski definition) is 0. The van der Waals surface area contributed by atoms with Gasteiger partial charge in [-0.1, -0.05) is 6.92 Å². The third-order valence-corrected chi connectivity index (χ3v) is 1.03. The molecule has 0 heterocycles. The Labute approximate surface area is 102 Å². The van der Waals surface area contributed by atoms with E-state index in [2.05, 4.69) is 13.0 Å². The van der Waals surface area contributed by atoms with E-state index in [1.807, 2.05) is 25.1 Å². The van der Waals surface area contributed by atoms with Crippen LogP contribution in [0.1, 0.15) is 11.1 Å². The van der Waals surface area contributed by atoms with Gasteiger partial charge >= 0.3 is 0 Å². The second-order valence-electron chi connectivity index (χ2n) is 1.88. The minimum atomic E-state index is 0. The van der Waals surface area contributed by atoms with Crippen molar-refractivity contribution in [2.24, 2.45) is 0 Å². The molecule has 0 unspecified atom stereocenters. The summed E-state index contributed by atoms with van der Waals surface area (Å²) in [6.07, 6.45) is 0. The van der Waals surface area contributed by atoms with E-state index < -0.39 is 0 Å². The average molecular weight is 377 g/mol. The zero-order valence-electron chi connectivity index (χ0n) is 5.92. The Kier molecular flexibility index (Phi) is 8.87. The Hall–Kier alpha value is 0.882. The summed E-state index contributed by atoms with van der Waals surface area (Å²) in [4.78, 5) is 0. The maximum Gasteiger partial charge on any atom is 0 e. The summed E-state index contributed by atoms with van der Waals surface area (Å²) in [5.41, 5.74) is 2.19. The smallest absolute Gasteiger partial charge is 0 e. The molecule has 0 aromatic heterocycles. The summed E-state index contributed by atoms with van der Waals surface area (Å²) in [6, 6.07) is 8.90. The van der Waals surface area contributed by atoms with Gasteiger partial charge in [-0.2, -0.15) is 5.56 Å². The molecular weight excluding hydrogens is 369 g/mol. The van der Waals surface area contributed by atoms with Crippen LogP contribution in [0.15, 0.2) is 18.2 Å². The normalized spacial score (nSPS) is 7.30. The van der Waals surface area contributed by atoms with Crippen molar-refractivity contribution in [3.8, 4) is 0 Å². The van der Waals surface area contributed by atoms with Crippen LogP contribution < -0.4 is 0 Å². The van der Waals surface area contributed by atoms with Crippen molar-refractivity contribution in [3.05, 3.63) is 42.3 Å². The first kappa shape index (κ1) is 13.5. The third-order valence-electron chi connectivity index (χ3n) is 1.03. The van der Waals surface area contributed by atoms with Gasteiger partial charge < -0.3 is 5.56 Å². The number of benzene rings is 1. The molecule has 1 rings (SSSR count). The van der Waals surface area contributed by atoms with E-state index in [-0.39, 0.29) is 53.8 Å². The van der Waals surface area contributed by atoms with Crippen molar-refractivity contribution in [1.82, 2.24) is 0 Å². The van der Waals surface area contributed by atoms with Crippen LogP contribution in [0.4, 0.5) is 0 Å². The Balaban J connectivity index is 0. The van der Waals surface area contributed by atoms with Crippen LogP contribution >= 0.6 is 0 Å². The minimum Gasteiger partial charge on any atom is -0.306 e. The maximum absolute atomic E-state index is 3.73. The molecule has 10 heavy (non-hydrogen) atoms. The van der Waals surface area contributed by atoms with Crippen LogP contribution in [0.25, 0.3) is 0 Å². The molecule has 51 valence electrons. The monoisotopic (exact) mass is 377 g/mol. The molecule has 0 amide bonds. The molecule has 1 aromatic rings. The van der Waals surface area contributed by atoms with Crippen LogP contribution in [0.3, 0.4) is 0 Å². The molecule has 0 nitrogen and oxygen atoms in total. The van der Waals surface area contributed by atoms with Crippen LogP contribution in [0.2, 0.25) is 0 Å². The second kappa shape index (κ2) is 6.58. The molecule has 0 saturated carbocycles. The van der Waals surface area contributed by atoms with Gasteiger partial charge in [-0.15, -0.1) is 0 Å². The van der Waals surface area contributed by atoms with E-state index in [0.29, 0.717) is 0 Å². The molecule has 0 spiro atoms. The first-order valence-electron chi connectivity index (χ1n) is 2.59. The number of rotatable bonds is 0. The zero-order chi connectivity index (χ0) is 5.98. The SMILES string of the molecule is [CH2-]c1c[c-]c(C)cc1.[W].[Y]. The molecule has 0 fully saturated rings. The van der Waals surface area contributed by atoms with Crippen LogP contribution in [0, 0.1) is 19.9 Å². The first-order valence-corrected chi connectivity index (χ1v) is 2.59. The van der Waals surface area contributed by atoms with Gasteiger partial charge in [0.2, 0.25) is 0 Å². The summed E-state index contributed by atoms with van der Waals surface area (Å²) in [7, 11) is 0. The van der Waals surface area contributed by atoms with E-state index in [1.165, 1.54) is 0 Å².